The van der Waals surface area contributed by atoms with Gasteiger partial charge in [-0.3, -0.25) is 24.6 Å². The lowest BCUT2D eigenvalue weighted by molar-refractivity contribution is -0.384. The van der Waals surface area contributed by atoms with Crippen molar-refractivity contribution < 1.29 is 19.2 Å². The smallest absolute Gasteiger partial charge is 0.271 e. The number of ether oxygens (including phenoxy) is 1. The zero-order chi connectivity index (χ0) is 19.6. The van der Waals surface area contributed by atoms with Gasteiger partial charge in [0.25, 0.3) is 11.6 Å². The predicted molar refractivity (Wildman–Crippen MR) is 98.9 cm³/mol. The van der Waals surface area contributed by atoms with Crippen LogP contribution < -0.4 is 9.64 Å². The maximum absolute atomic E-state index is 12.6. The monoisotopic (exact) mass is 389 g/mol. The highest BCUT2D eigenvalue weighted by atomic mass is 35.5. The van der Waals surface area contributed by atoms with Gasteiger partial charge in [0.1, 0.15) is 12.3 Å². The fourth-order valence-corrected chi connectivity index (χ4v) is 2.94. The van der Waals surface area contributed by atoms with Gasteiger partial charge in [-0.1, -0.05) is 23.7 Å². The summed E-state index contributed by atoms with van der Waals surface area (Å²) in [5, 5.41) is 11.6. The van der Waals surface area contributed by atoms with E-state index in [0.29, 0.717) is 17.3 Å². The molecule has 2 aromatic carbocycles. The molecule has 0 N–H and O–H groups in total. The highest BCUT2D eigenvalue weighted by Gasteiger charge is 2.30. The molecule has 0 saturated heterocycles. The summed E-state index contributed by atoms with van der Waals surface area (Å²) < 4.78 is 5.30. The van der Waals surface area contributed by atoms with Crippen molar-refractivity contribution in [3.63, 3.8) is 0 Å². The van der Waals surface area contributed by atoms with Gasteiger partial charge in [0.05, 0.1) is 10.6 Å². The van der Waals surface area contributed by atoms with E-state index in [-0.39, 0.29) is 30.4 Å². The van der Waals surface area contributed by atoms with Crippen molar-refractivity contribution in [1.82, 2.24) is 4.90 Å². The summed E-state index contributed by atoms with van der Waals surface area (Å²) in [6.07, 6.45) is 0. The summed E-state index contributed by atoms with van der Waals surface area (Å²) in [5.41, 5.74) is 0.879. The number of hydrogen-bond acceptors (Lipinski definition) is 5. The molecule has 0 aliphatic carbocycles. The number of anilines is 1. The van der Waals surface area contributed by atoms with E-state index < -0.39 is 10.8 Å². The first-order chi connectivity index (χ1) is 12.8. The maximum atomic E-state index is 12.6. The molecule has 0 saturated carbocycles. The van der Waals surface area contributed by atoms with Crippen LogP contribution in [0.1, 0.15) is 5.56 Å². The standard InChI is InChI=1S/C18H16ClN3O5/c1-20(9-12-3-2-4-13(19)7-12)17(23)10-21-15-8-14(22(25)26)5-6-16(15)27-11-18(21)24/h2-8H,9-11H2,1H3. The summed E-state index contributed by atoms with van der Waals surface area (Å²) in [6, 6.07) is 11.1. The second-order valence-corrected chi connectivity index (χ2v) is 6.49. The van der Waals surface area contributed by atoms with Crippen molar-refractivity contribution in [3.05, 3.63) is 63.2 Å². The lowest BCUT2D eigenvalue weighted by Gasteiger charge is -2.30. The summed E-state index contributed by atoms with van der Waals surface area (Å²) in [6.45, 7) is -0.150. The van der Waals surface area contributed by atoms with Gasteiger partial charge in [-0.25, -0.2) is 0 Å². The van der Waals surface area contributed by atoms with Crippen LogP contribution in [0.25, 0.3) is 0 Å². The normalized spacial score (nSPS) is 13.0. The van der Waals surface area contributed by atoms with Crippen LogP contribution in [0.4, 0.5) is 11.4 Å². The Balaban J connectivity index is 1.78. The molecule has 3 rings (SSSR count). The average Bonchev–Trinajstić information content (AvgIpc) is 2.63. The number of non-ortho nitro benzene ring substituents is 1. The number of nitrogens with zero attached hydrogens (tertiary/aromatic N) is 3. The van der Waals surface area contributed by atoms with Gasteiger partial charge in [0, 0.05) is 30.7 Å². The van der Waals surface area contributed by atoms with Crippen molar-refractivity contribution in [1.29, 1.82) is 0 Å². The zero-order valence-electron chi connectivity index (χ0n) is 14.4. The molecule has 27 heavy (non-hydrogen) atoms. The highest BCUT2D eigenvalue weighted by Crippen LogP contribution is 2.35. The van der Waals surface area contributed by atoms with E-state index in [9.17, 15) is 19.7 Å². The predicted octanol–water partition coefficient (Wildman–Crippen LogP) is 2.63. The molecule has 1 heterocycles. The fourth-order valence-electron chi connectivity index (χ4n) is 2.73. The fraction of sp³-hybridized carbons (Fsp3) is 0.222. The molecular weight excluding hydrogens is 374 g/mol. The van der Waals surface area contributed by atoms with Gasteiger partial charge < -0.3 is 9.64 Å². The molecule has 0 atom stereocenters. The first-order valence-electron chi connectivity index (χ1n) is 8.05. The summed E-state index contributed by atoms with van der Waals surface area (Å²) in [4.78, 5) is 38.0. The number of likely N-dealkylation sites (N-methyl/N-ethyl adjacent to an activating group) is 1. The number of fused-ring (bicyclic) bond motifs is 1. The maximum Gasteiger partial charge on any atom is 0.271 e. The van der Waals surface area contributed by atoms with Crippen LogP contribution in [-0.2, 0) is 16.1 Å². The SMILES string of the molecule is CN(Cc1cccc(Cl)c1)C(=O)CN1C(=O)COc2ccc([N+](=O)[O-])cc21. The molecule has 0 radical (unpaired) electrons. The first-order valence-corrected chi connectivity index (χ1v) is 8.43. The van der Waals surface area contributed by atoms with Crippen molar-refractivity contribution >= 4 is 34.8 Å². The Morgan fingerprint density at radius 1 is 1.33 bits per heavy atom. The summed E-state index contributed by atoms with van der Waals surface area (Å²) in [7, 11) is 1.61. The number of hydrogen-bond donors (Lipinski definition) is 0. The Kier molecular flexibility index (Phi) is 5.27. The lowest BCUT2D eigenvalue weighted by Crippen LogP contribution is -2.45. The third-order valence-corrected chi connectivity index (χ3v) is 4.36. The molecule has 0 aromatic heterocycles. The third kappa shape index (κ3) is 4.17. The number of rotatable bonds is 5. The van der Waals surface area contributed by atoms with Crippen molar-refractivity contribution in [3.8, 4) is 5.75 Å². The van der Waals surface area contributed by atoms with E-state index in [1.165, 1.54) is 28.0 Å². The Labute approximate surface area is 160 Å². The Hall–Kier alpha value is -3.13. The van der Waals surface area contributed by atoms with Crippen molar-refractivity contribution in [2.24, 2.45) is 0 Å². The molecule has 2 aromatic rings. The molecule has 2 amide bonds. The van der Waals surface area contributed by atoms with Gasteiger partial charge in [-0.2, -0.15) is 0 Å². The van der Waals surface area contributed by atoms with Crippen LogP contribution in [0.15, 0.2) is 42.5 Å². The van der Waals surface area contributed by atoms with Gasteiger partial charge in [0.15, 0.2) is 6.61 Å². The van der Waals surface area contributed by atoms with E-state index in [0.717, 1.165) is 5.56 Å². The molecular formula is C18H16ClN3O5. The first kappa shape index (κ1) is 18.7. The van der Waals surface area contributed by atoms with Crippen LogP contribution in [0.3, 0.4) is 0 Å². The van der Waals surface area contributed by atoms with Crippen LogP contribution in [0, 0.1) is 10.1 Å². The zero-order valence-corrected chi connectivity index (χ0v) is 15.2. The molecule has 0 unspecified atom stereocenters. The highest BCUT2D eigenvalue weighted by molar-refractivity contribution is 6.30. The Morgan fingerprint density at radius 2 is 2.11 bits per heavy atom. The van der Waals surface area contributed by atoms with Crippen LogP contribution in [0.5, 0.6) is 5.75 Å². The molecule has 1 aliphatic rings. The van der Waals surface area contributed by atoms with E-state index >= 15 is 0 Å². The molecule has 1 aliphatic heterocycles. The number of nitro groups is 1. The molecule has 9 heteroatoms. The molecule has 0 fully saturated rings. The summed E-state index contributed by atoms with van der Waals surface area (Å²) >= 11 is 5.95. The van der Waals surface area contributed by atoms with Gasteiger partial charge >= 0.3 is 0 Å². The quantitative estimate of drug-likeness (QED) is 0.579. The molecule has 140 valence electrons. The summed E-state index contributed by atoms with van der Waals surface area (Å²) in [5.74, 6) is -0.430. The number of amides is 2. The van der Waals surface area contributed by atoms with E-state index in [2.05, 4.69) is 0 Å². The average molecular weight is 390 g/mol. The van der Waals surface area contributed by atoms with Gasteiger partial charge in [-0.15, -0.1) is 0 Å². The number of halogens is 1. The van der Waals surface area contributed by atoms with Crippen LogP contribution in [0.2, 0.25) is 5.02 Å². The van der Waals surface area contributed by atoms with E-state index in [1.807, 2.05) is 6.07 Å². The molecule has 0 bridgehead atoms. The third-order valence-electron chi connectivity index (χ3n) is 4.12. The van der Waals surface area contributed by atoms with Crippen LogP contribution in [-0.4, -0.2) is 41.8 Å². The van der Waals surface area contributed by atoms with E-state index in [1.54, 1.807) is 25.2 Å². The van der Waals surface area contributed by atoms with E-state index in [4.69, 9.17) is 16.3 Å². The Bertz CT molecular complexity index is 918. The van der Waals surface area contributed by atoms with Gasteiger partial charge in [-0.05, 0) is 23.8 Å². The van der Waals surface area contributed by atoms with Crippen molar-refractivity contribution in [2.75, 3.05) is 25.1 Å². The topological polar surface area (TPSA) is 93.0 Å². The second-order valence-electron chi connectivity index (χ2n) is 6.06. The van der Waals surface area contributed by atoms with Crippen molar-refractivity contribution in [2.45, 2.75) is 6.54 Å². The number of carbonyl (C=O) groups excluding carboxylic acids is 2. The minimum Gasteiger partial charge on any atom is -0.482 e. The van der Waals surface area contributed by atoms with Gasteiger partial charge in [0.2, 0.25) is 5.91 Å². The Morgan fingerprint density at radius 3 is 2.81 bits per heavy atom. The van der Waals surface area contributed by atoms with Crippen LogP contribution >= 0.6 is 11.6 Å². The molecule has 8 nitrogen and oxygen atoms in total. The second kappa shape index (κ2) is 7.63. The number of nitro benzene ring substituents is 1. The lowest BCUT2D eigenvalue weighted by atomic mass is 10.2. The largest absolute Gasteiger partial charge is 0.482 e. The molecule has 0 spiro atoms. The number of carbonyl (C=O) groups is 2. The number of benzene rings is 2. The minimum absolute atomic E-state index is 0.184. The minimum atomic E-state index is -0.565.